The maximum absolute atomic E-state index is 12.3. The van der Waals surface area contributed by atoms with Gasteiger partial charge in [0.15, 0.2) is 0 Å². The predicted octanol–water partition coefficient (Wildman–Crippen LogP) is 3.49. The van der Waals surface area contributed by atoms with Crippen LogP contribution in [-0.4, -0.2) is 43.0 Å². The summed E-state index contributed by atoms with van der Waals surface area (Å²) in [7, 11) is 0. The molecule has 1 saturated heterocycles. The van der Waals surface area contributed by atoms with Crippen LogP contribution in [0.15, 0.2) is 47.5 Å². The minimum absolute atomic E-state index is 0.333. The molecule has 0 atom stereocenters. The number of nitrogens with zero attached hydrogens (tertiary/aromatic N) is 2. The number of hydrogen-bond acceptors (Lipinski definition) is 5. The van der Waals surface area contributed by atoms with Gasteiger partial charge < -0.3 is 15.0 Å². The first-order valence-electron chi connectivity index (χ1n) is 7.77. The van der Waals surface area contributed by atoms with Crippen LogP contribution in [-0.2, 0) is 4.74 Å². The van der Waals surface area contributed by atoms with E-state index >= 15 is 0 Å². The SMILES string of the molecule is O=C(Nc1ccc(N2CCOCC2)cn1)c1ccc(SC(F)F)cc1. The molecule has 3 rings (SSSR count). The zero-order chi connectivity index (χ0) is 17.6. The summed E-state index contributed by atoms with van der Waals surface area (Å²) < 4.78 is 29.9. The van der Waals surface area contributed by atoms with E-state index in [1.54, 1.807) is 12.3 Å². The summed E-state index contributed by atoms with van der Waals surface area (Å²) in [6.45, 7) is 3.02. The summed E-state index contributed by atoms with van der Waals surface area (Å²) in [5, 5.41) is 2.70. The second-order valence-electron chi connectivity index (χ2n) is 5.36. The highest BCUT2D eigenvalue weighted by molar-refractivity contribution is 7.99. The van der Waals surface area contributed by atoms with Crippen LogP contribution >= 0.6 is 11.8 Å². The lowest BCUT2D eigenvalue weighted by Gasteiger charge is -2.28. The van der Waals surface area contributed by atoms with E-state index in [0.29, 0.717) is 41.3 Å². The van der Waals surface area contributed by atoms with Gasteiger partial charge in [-0.3, -0.25) is 4.79 Å². The molecule has 0 spiro atoms. The molecule has 0 radical (unpaired) electrons. The van der Waals surface area contributed by atoms with E-state index in [4.69, 9.17) is 4.74 Å². The first-order valence-corrected chi connectivity index (χ1v) is 8.65. The molecule has 1 aromatic heterocycles. The molecule has 1 N–H and O–H groups in total. The number of aromatic nitrogens is 1. The Morgan fingerprint density at radius 1 is 1.16 bits per heavy atom. The van der Waals surface area contributed by atoms with E-state index in [2.05, 4.69) is 15.2 Å². The molecular weight excluding hydrogens is 348 g/mol. The molecule has 25 heavy (non-hydrogen) atoms. The number of carbonyl (C=O) groups excluding carboxylic acids is 1. The normalized spacial score (nSPS) is 14.6. The van der Waals surface area contributed by atoms with Crippen molar-refractivity contribution in [2.24, 2.45) is 0 Å². The average molecular weight is 365 g/mol. The highest BCUT2D eigenvalue weighted by Gasteiger charge is 2.12. The second kappa shape index (κ2) is 8.26. The quantitative estimate of drug-likeness (QED) is 0.822. The Labute approximate surface area is 148 Å². The molecule has 0 unspecified atom stereocenters. The van der Waals surface area contributed by atoms with Gasteiger partial charge in [-0.15, -0.1) is 0 Å². The van der Waals surface area contributed by atoms with Crippen molar-refractivity contribution in [3.05, 3.63) is 48.2 Å². The number of hydrogen-bond donors (Lipinski definition) is 1. The first kappa shape index (κ1) is 17.6. The van der Waals surface area contributed by atoms with Gasteiger partial charge in [-0.2, -0.15) is 8.78 Å². The predicted molar refractivity (Wildman–Crippen MR) is 93.5 cm³/mol. The summed E-state index contributed by atoms with van der Waals surface area (Å²) in [4.78, 5) is 19.0. The Kier molecular flexibility index (Phi) is 5.83. The lowest BCUT2D eigenvalue weighted by atomic mass is 10.2. The van der Waals surface area contributed by atoms with Crippen molar-refractivity contribution in [1.29, 1.82) is 0 Å². The van der Waals surface area contributed by atoms with E-state index in [0.717, 1.165) is 18.8 Å². The third kappa shape index (κ3) is 4.90. The number of halogens is 2. The van der Waals surface area contributed by atoms with E-state index in [-0.39, 0.29) is 5.91 Å². The summed E-state index contributed by atoms with van der Waals surface area (Å²) in [5.74, 6) is -2.37. The van der Waals surface area contributed by atoms with Crippen LogP contribution in [0.5, 0.6) is 0 Å². The van der Waals surface area contributed by atoms with Crippen molar-refractivity contribution in [2.75, 3.05) is 36.5 Å². The monoisotopic (exact) mass is 365 g/mol. The summed E-state index contributed by atoms with van der Waals surface area (Å²) in [6, 6.07) is 9.67. The fourth-order valence-corrected chi connectivity index (χ4v) is 2.94. The molecule has 1 aliphatic heterocycles. The van der Waals surface area contributed by atoms with Crippen molar-refractivity contribution in [1.82, 2.24) is 4.98 Å². The Morgan fingerprint density at radius 3 is 2.48 bits per heavy atom. The van der Waals surface area contributed by atoms with Crippen molar-refractivity contribution in [2.45, 2.75) is 10.7 Å². The van der Waals surface area contributed by atoms with Crippen LogP contribution in [0.25, 0.3) is 0 Å². The van der Waals surface area contributed by atoms with E-state index in [1.165, 1.54) is 24.3 Å². The van der Waals surface area contributed by atoms with Gasteiger partial charge >= 0.3 is 0 Å². The highest BCUT2D eigenvalue weighted by Crippen LogP contribution is 2.25. The Balaban J connectivity index is 1.60. The van der Waals surface area contributed by atoms with Crippen LogP contribution in [0.3, 0.4) is 0 Å². The van der Waals surface area contributed by atoms with Gasteiger partial charge in [-0.05, 0) is 36.4 Å². The van der Waals surface area contributed by atoms with Gasteiger partial charge in [0, 0.05) is 23.5 Å². The fourth-order valence-electron chi connectivity index (χ4n) is 2.44. The number of alkyl halides is 2. The van der Waals surface area contributed by atoms with Crippen LogP contribution in [0.2, 0.25) is 0 Å². The molecule has 0 bridgehead atoms. The number of nitrogens with one attached hydrogen (secondary N) is 1. The number of morpholine rings is 1. The largest absolute Gasteiger partial charge is 0.378 e. The third-order valence-corrected chi connectivity index (χ3v) is 4.43. The van der Waals surface area contributed by atoms with E-state index in [9.17, 15) is 13.6 Å². The Bertz CT molecular complexity index is 705. The average Bonchev–Trinajstić information content (AvgIpc) is 2.63. The van der Waals surface area contributed by atoms with Crippen LogP contribution < -0.4 is 10.2 Å². The molecule has 0 aliphatic carbocycles. The number of anilines is 2. The number of thioether (sulfide) groups is 1. The van der Waals surface area contributed by atoms with Gasteiger partial charge in [0.1, 0.15) is 5.82 Å². The smallest absolute Gasteiger partial charge is 0.288 e. The molecule has 0 saturated carbocycles. The number of ether oxygens (including phenoxy) is 1. The Hall–Kier alpha value is -2.19. The van der Waals surface area contributed by atoms with Crippen molar-refractivity contribution in [3.8, 4) is 0 Å². The summed E-state index contributed by atoms with van der Waals surface area (Å²) in [6.07, 6.45) is 1.71. The van der Waals surface area contributed by atoms with Crippen molar-refractivity contribution >= 4 is 29.2 Å². The zero-order valence-corrected chi connectivity index (χ0v) is 14.1. The highest BCUT2D eigenvalue weighted by atomic mass is 32.2. The number of amides is 1. The van der Waals surface area contributed by atoms with Crippen molar-refractivity contribution < 1.29 is 18.3 Å². The van der Waals surface area contributed by atoms with E-state index < -0.39 is 5.76 Å². The Morgan fingerprint density at radius 2 is 1.88 bits per heavy atom. The van der Waals surface area contributed by atoms with Gasteiger partial charge in [0.05, 0.1) is 25.1 Å². The van der Waals surface area contributed by atoms with Crippen LogP contribution in [0.4, 0.5) is 20.3 Å². The molecule has 8 heteroatoms. The minimum atomic E-state index is -2.48. The standard InChI is InChI=1S/C17H17F2N3O2S/c18-17(19)25-14-4-1-12(2-5-14)16(23)21-15-6-3-13(11-20-15)22-7-9-24-10-8-22/h1-6,11,17H,7-10H2,(H,20,21,23). The molecule has 132 valence electrons. The third-order valence-electron chi connectivity index (χ3n) is 3.71. The minimum Gasteiger partial charge on any atom is -0.378 e. The topological polar surface area (TPSA) is 54.5 Å². The molecular formula is C17H17F2N3O2S. The van der Waals surface area contributed by atoms with E-state index in [1.807, 2.05) is 6.07 Å². The second-order valence-corrected chi connectivity index (χ2v) is 6.42. The van der Waals surface area contributed by atoms with Gasteiger partial charge in [0.2, 0.25) is 0 Å². The number of carbonyl (C=O) groups is 1. The summed E-state index contributed by atoms with van der Waals surface area (Å²) in [5.41, 5.74) is 1.37. The number of benzene rings is 1. The lowest BCUT2D eigenvalue weighted by molar-refractivity contribution is 0.102. The molecule has 1 aromatic carbocycles. The maximum Gasteiger partial charge on any atom is 0.288 e. The van der Waals surface area contributed by atoms with Crippen molar-refractivity contribution in [3.63, 3.8) is 0 Å². The van der Waals surface area contributed by atoms with Crippen LogP contribution in [0, 0.1) is 0 Å². The van der Waals surface area contributed by atoms with Gasteiger partial charge in [-0.25, -0.2) is 4.98 Å². The number of rotatable bonds is 5. The molecule has 1 aliphatic rings. The molecule has 5 nitrogen and oxygen atoms in total. The van der Waals surface area contributed by atoms with Gasteiger partial charge in [-0.1, -0.05) is 11.8 Å². The fraction of sp³-hybridized carbons (Fsp3) is 0.294. The zero-order valence-electron chi connectivity index (χ0n) is 13.3. The maximum atomic E-state index is 12.3. The first-order chi connectivity index (χ1) is 12.1. The van der Waals surface area contributed by atoms with Gasteiger partial charge in [0.25, 0.3) is 11.7 Å². The molecule has 2 aromatic rings. The molecule has 2 heterocycles. The molecule has 1 fully saturated rings. The summed E-state index contributed by atoms with van der Waals surface area (Å²) >= 11 is 0.447. The van der Waals surface area contributed by atoms with Crippen LogP contribution in [0.1, 0.15) is 10.4 Å². The lowest BCUT2D eigenvalue weighted by Crippen LogP contribution is -2.36. The number of pyridine rings is 1. The molecule has 1 amide bonds.